The van der Waals surface area contributed by atoms with Gasteiger partial charge in [-0.3, -0.25) is 0 Å². The number of hydrogen-bond acceptors (Lipinski definition) is 4. The fraction of sp³-hybridized carbons (Fsp3) is 0.600. The SMILES string of the molecule is COCc1cccc(C(CN)NC(C)C(C)CO)c1. The van der Waals surface area contributed by atoms with Gasteiger partial charge >= 0.3 is 0 Å². The summed E-state index contributed by atoms with van der Waals surface area (Å²) in [5.74, 6) is 0.205. The van der Waals surface area contributed by atoms with Crippen molar-refractivity contribution in [2.45, 2.75) is 32.5 Å². The summed E-state index contributed by atoms with van der Waals surface area (Å²) in [6.45, 7) is 5.40. The fourth-order valence-corrected chi connectivity index (χ4v) is 2.01. The van der Waals surface area contributed by atoms with Gasteiger partial charge in [0.15, 0.2) is 0 Å². The Morgan fingerprint density at radius 2 is 2.11 bits per heavy atom. The molecule has 0 bridgehead atoms. The molecule has 108 valence electrons. The van der Waals surface area contributed by atoms with Gasteiger partial charge in [-0.2, -0.15) is 0 Å². The quantitative estimate of drug-likeness (QED) is 0.666. The molecule has 0 saturated heterocycles. The van der Waals surface area contributed by atoms with Crippen LogP contribution in [0.25, 0.3) is 0 Å². The minimum absolute atomic E-state index is 0.0980. The summed E-state index contributed by atoms with van der Waals surface area (Å²) in [6.07, 6.45) is 0. The summed E-state index contributed by atoms with van der Waals surface area (Å²) in [5.41, 5.74) is 8.17. The summed E-state index contributed by atoms with van der Waals surface area (Å²) < 4.78 is 5.15. The van der Waals surface area contributed by atoms with Gasteiger partial charge < -0.3 is 20.9 Å². The van der Waals surface area contributed by atoms with Crippen molar-refractivity contribution < 1.29 is 9.84 Å². The van der Waals surface area contributed by atoms with Crippen molar-refractivity contribution in [3.63, 3.8) is 0 Å². The van der Waals surface area contributed by atoms with E-state index in [9.17, 15) is 5.11 Å². The van der Waals surface area contributed by atoms with Crippen LogP contribution in [0.3, 0.4) is 0 Å². The van der Waals surface area contributed by atoms with Gasteiger partial charge in [-0.1, -0.05) is 31.2 Å². The first-order valence-electron chi connectivity index (χ1n) is 6.77. The number of benzene rings is 1. The van der Waals surface area contributed by atoms with Crippen molar-refractivity contribution in [2.24, 2.45) is 11.7 Å². The van der Waals surface area contributed by atoms with Crippen LogP contribution in [0.4, 0.5) is 0 Å². The molecule has 4 heteroatoms. The molecule has 3 atom stereocenters. The molecule has 19 heavy (non-hydrogen) atoms. The molecule has 4 N–H and O–H groups in total. The van der Waals surface area contributed by atoms with E-state index in [2.05, 4.69) is 24.4 Å². The van der Waals surface area contributed by atoms with Crippen molar-refractivity contribution in [1.82, 2.24) is 5.32 Å². The molecule has 3 unspecified atom stereocenters. The van der Waals surface area contributed by atoms with E-state index in [0.29, 0.717) is 13.2 Å². The number of aliphatic hydroxyl groups is 1. The first kappa shape index (κ1) is 16.1. The molecule has 0 aliphatic rings. The standard InChI is InChI=1S/C15H26N2O2/c1-11(9-18)12(2)17-15(8-16)14-6-4-5-13(7-14)10-19-3/h4-7,11-12,15,17-18H,8-10,16H2,1-3H3. The maximum atomic E-state index is 9.19. The van der Waals surface area contributed by atoms with Crippen LogP contribution in [0.1, 0.15) is 31.0 Å². The lowest BCUT2D eigenvalue weighted by molar-refractivity contribution is 0.184. The van der Waals surface area contributed by atoms with Crippen LogP contribution >= 0.6 is 0 Å². The molecule has 0 aliphatic carbocycles. The van der Waals surface area contributed by atoms with Gasteiger partial charge in [0.1, 0.15) is 0 Å². The molecule has 0 radical (unpaired) electrons. The smallest absolute Gasteiger partial charge is 0.0713 e. The highest BCUT2D eigenvalue weighted by Crippen LogP contribution is 2.16. The number of methoxy groups -OCH3 is 1. The lowest BCUT2D eigenvalue weighted by Gasteiger charge is -2.26. The van der Waals surface area contributed by atoms with Crippen LogP contribution in [0.15, 0.2) is 24.3 Å². The van der Waals surface area contributed by atoms with Crippen LogP contribution < -0.4 is 11.1 Å². The molecular weight excluding hydrogens is 240 g/mol. The Hall–Kier alpha value is -0.940. The summed E-state index contributed by atoms with van der Waals surface area (Å²) in [5, 5.41) is 12.7. The monoisotopic (exact) mass is 266 g/mol. The van der Waals surface area contributed by atoms with Gasteiger partial charge in [-0.25, -0.2) is 0 Å². The summed E-state index contributed by atoms with van der Waals surface area (Å²) in [4.78, 5) is 0. The van der Waals surface area contributed by atoms with Crippen LogP contribution in [-0.2, 0) is 11.3 Å². The lowest BCUT2D eigenvalue weighted by Crippen LogP contribution is -2.39. The van der Waals surface area contributed by atoms with Crippen LogP contribution in [0.5, 0.6) is 0 Å². The highest BCUT2D eigenvalue weighted by atomic mass is 16.5. The first-order valence-corrected chi connectivity index (χ1v) is 6.77. The second-order valence-corrected chi connectivity index (χ2v) is 5.08. The van der Waals surface area contributed by atoms with Crippen molar-refractivity contribution in [2.75, 3.05) is 20.3 Å². The zero-order valence-electron chi connectivity index (χ0n) is 12.1. The number of hydrogen-bond donors (Lipinski definition) is 3. The minimum atomic E-state index is 0.0980. The van der Waals surface area contributed by atoms with Crippen molar-refractivity contribution in [3.05, 3.63) is 35.4 Å². The minimum Gasteiger partial charge on any atom is -0.396 e. The third kappa shape index (κ3) is 4.91. The van der Waals surface area contributed by atoms with E-state index < -0.39 is 0 Å². The predicted molar refractivity (Wildman–Crippen MR) is 77.8 cm³/mol. The highest BCUT2D eigenvalue weighted by molar-refractivity contribution is 5.26. The number of rotatable bonds is 8. The van der Waals surface area contributed by atoms with E-state index in [4.69, 9.17) is 10.5 Å². The summed E-state index contributed by atoms with van der Waals surface area (Å²) >= 11 is 0. The second-order valence-electron chi connectivity index (χ2n) is 5.08. The fourth-order valence-electron chi connectivity index (χ4n) is 2.01. The van der Waals surface area contributed by atoms with E-state index in [1.54, 1.807) is 7.11 Å². The van der Waals surface area contributed by atoms with Gasteiger partial charge in [0, 0.05) is 32.3 Å². The predicted octanol–water partition coefficient (Wildman–Crippen LogP) is 1.44. The largest absolute Gasteiger partial charge is 0.396 e. The van der Waals surface area contributed by atoms with Crippen LogP contribution in [0, 0.1) is 5.92 Å². The molecule has 1 aromatic carbocycles. The van der Waals surface area contributed by atoms with Gasteiger partial charge in [-0.05, 0) is 24.0 Å². The Morgan fingerprint density at radius 3 is 2.68 bits per heavy atom. The summed E-state index contributed by atoms with van der Waals surface area (Å²) in [7, 11) is 1.69. The first-order chi connectivity index (χ1) is 9.12. The molecule has 0 heterocycles. The zero-order chi connectivity index (χ0) is 14.3. The number of nitrogens with two attached hydrogens (primary N) is 1. The van der Waals surface area contributed by atoms with E-state index >= 15 is 0 Å². The van der Waals surface area contributed by atoms with Crippen molar-refractivity contribution >= 4 is 0 Å². The van der Waals surface area contributed by atoms with Crippen LogP contribution in [0.2, 0.25) is 0 Å². The Bertz CT molecular complexity index is 371. The van der Waals surface area contributed by atoms with Gasteiger partial charge in [0.2, 0.25) is 0 Å². The highest BCUT2D eigenvalue weighted by Gasteiger charge is 2.17. The molecule has 0 aromatic heterocycles. The Kier molecular flexibility index (Phi) is 7.02. The third-order valence-electron chi connectivity index (χ3n) is 3.51. The average molecular weight is 266 g/mol. The molecule has 0 fully saturated rings. The normalized spacial score (nSPS) is 16.1. The van der Waals surface area contributed by atoms with E-state index in [1.807, 2.05) is 19.1 Å². The molecule has 0 amide bonds. The maximum Gasteiger partial charge on any atom is 0.0713 e. The molecule has 0 saturated carbocycles. The third-order valence-corrected chi connectivity index (χ3v) is 3.51. The number of aliphatic hydroxyl groups excluding tert-OH is 1. The van der Waals surface area contributed by atoms with E-state index in [-0.39, 0.29) is 24.6 Å². The molecular formula is C15H26N2O2. The Balaban J connectivity index is 2.76. The molecule has 1 rings (SSSR count). The summed E-state index contributed by atoms with van der Waals surface area (Å²) in [6, 6.07) is 8.56. The topological polar surface area (TPSA) is 67.5 Å². The van der Waals surface area contributed by atoms with E-state index in [1.165, 1.54) is 0 Å². The molecule has 1 aromatic rings. The Morgan fingerprint density at radius 1 is 1.37 bits per heavy atom. The number of ether oxygens (including phenoxy) is 1. The van der Waals surface area contributed by atoms with Crippen molar-refractivity contribution in [3.8, 4) is 0 Å². The maximum absolute atomic E-state index is 9.19. The molecule has 4 nitrogen and oxygen atoms in total. The molecule has 0 aliphatic heterocycles. The lowest BCUT2D eigenvalue weighted by atomic mass is 9.99. The molecule has 0 spiro atoms. The second kappa shape index (κ2) is 8.27. The average Bonchev–Trinajstić information content (AvgIpc) is 2.44. The Labute approximate surface area is 116 Å². The van der Waals surface area contributed by atoms with Gasteiger partial charge in [0.05, 0.1) is 6.61 Å². The van der Waals surface area contributed by atoms with E-state index in [0.717, 1.165) is 11.1 Å². The van der Waals surface area contributed by atoms with Gasteiger partial charge in [0.25, 0.3) is 0 Å². The van der Waals surface area contributed by atoms with Crippen LogP contribution in [-0.4, -0.2) is 31.4 Å². The zero-order valence-corrected chi connectivity index (χ0v) is 12.1. The van der Waals surface area contributed by atoms with Gasteiger partial charge in [-0.15, -0.1) is 0 Å². The number of nitrogens with one attached hydrogen (secondary N) is 1. The van der Waals surface area contributed by atoms with Crippen molar-refractivity contribution in [1.29, 1.82) is 0 Å².